The summed E-state index contributed by atoms with van der Waals surface area (Å²) in [6.45, 7) is 0. The molecule has 42 heavy (non-hydrogen) atoms. The van der Waals surface area contributed by atoms with E-state index in [9.17, 15) is 0 Å². The van der Waals surface area contributed by atoms with E-state index >= 15 is 0 Å². The average Bonchev–Trinajstić information content (AvgIpc) is 3.06. The van der Waals surface area contributed by atoms with E-state index in [2.05, 4.69) is 175 Å². The first-order valence-electron chi connectivity index (χ1n) is 14.5. The molecule has 0 saturated heterocycles. The molecule has 3 aliphatic carbocycles. The minimum atomic E-state index is 0.380. The summed E-state index contributed by atoms with van der Waals surface area (Å²) in [5.74, 6) is 0.380. The third-order valence-corrected chi connectivity index (χ3v) is 8.46. The second kappa shape index (κ2) is 10.2. The molecule has 0 spiro atoms. The molecule has 0 amide bonds. The van der Waals surface area contributed by atoms with Gasteiger partial charge >= 0.3 is 0 Å². The van der Waals surface area contributed by atoms with Gasteiger partial charge in [0, 0.05) is 23.0 Å². The zero-order chi connectivity index (χ0) is 27.9. The normalized spacial score (nSPS) is 16.7. The molecule has 1 nitrogen and oxygen atoms in total. The van der Waals surface area contributed by atoms with E-state index < -0.39 is 0 Å². The Labute approximate surface area is 247 Å². The summed E-state index contributed by atoms with van der Waals surface area (Å²) in [5, 5.41) is 2.51. The predicted octanol–water partition coefficient (Wildman–Crippen LogP) is 10.9. The van der Waals surface area contributed by atoms with Gasteiger partial charge in [0.05, 0.1) is 0 Å². The van der Waals surface area contributed by atoms with E-state index in [0.29, 0.717) is 5.92 Å². The van der Waals surface area contributed by atoms with Gasteiger partial charge in [-0.1, -0.05) is 121 Å². The van der Waals surface area contributed by atoms with Crippen molar-refractivity contribution in [3.05, 3.63) is 192 Å². The monoisotopic (exact) mass is 535 g/mol. The van der Waals surface area contributed by atoms with Gasteiger partial charge in [0.25, 0.3) is 0 Å². The zero-order valence-corrected chi connectivity index (χ0v) is 23.2. The lowest BCUT2D eigenvalue weighted by Gasteiger charge is -2.30. The fourth-order valence-electron chi connectivity index (χ4n) is 6.40. The third kappa shape index (κ3) is 4.36. The molecule has 0 bridgehead atoms. The van der Waals surface area contributed by atoms with E-state index in [-0.39, 0.29) is 0 Å². The summed E-state index contributed by atoms with van der Waals surface area (Å²) < 4.78 is 0. The molecule has 198 valence electrons. The molecular weight excluding hydrogens is 506 g/mol. The SMILES string of the molecule is C1=CC2=CC=CC3=CC(c4ccc5cc(-c6ccc(N(c7ccccc7)c7ccccc7)cc6)ccc5c4)=CC(=C1)C23. The van der Waals surface area contributed by atoms with Gasteiger partial charge in [0.1, 0.15) is 0 Å². The van der Waals surface area contributed by atoms with E-state index in [0.717, 1.165) is 17.1 Å². The standard InChI is InChI=1S/C41H29N/c1-3-13-38(14-4-1)42(39-15-5-2-6-16-39)40-23-21-29(22-24-40)31-17-18-33-26-34(20-19-32(33)25-31)37-27-35-11-7-9-30-10-8-12-36(28-37)41(30)35/h1-28,41H. The van der Waals surface area contributed by atoms with E-state index in [4.69, 9.17) is 0 Å². The van der Waals surface area contributed by atoms with Crippen molar-refractivity contribution in [2.24, 2.45) is 5.92 Å². The molecule has 1 unspecified atom stereocenters. The van der Waals surface area contributed by atoms with Crippen molar-refractivity contribution in [3.8, 4) is 11.1 Å². The van der Waals surface area contributed by atoms with Gasteiger partial charge in [0.2, 0.25) is 0 Å². The summed E-state index contributed by atoms with van der Waals surface area (Å²) >= 11 is 0. The zero-order valence-electron chi connectivity index (χ0n) is 23.2. The van der Waals surface area contributed by atoms with Crippen LogP contribution in [0.15, 0.2) is 187 Å². The van der Waals surface area contributed by atoms with Crippen molar-refractivity contribution >= 4 is 33.4 Å². The molecule has 5 aromatic carbocycles. The summed E-state index contributed by atoms with van der Waals surface area (Å²) in [4.78, 5) is 2.29. The second-order valence-electron chi connectivity index (χ2n) is 11.1. The first-order chi connectivity index (χ1) is 20.8. The maximum atomic E-state index is 2.36. The highest BCUT2D eigenvalue weighted by molar-refractivity contribution is 5.92. The fourth-order valence-corrected chi connectivity index (χ4v) is 6.40. The predicted molar refractivity (Wildman–Crippen MR) is 178 cm³/mol. The minimum Gasteiger partial charge on any atom is -0.311 e. The molecule has 5 aromatic rings. The number of hydrogen-bond acceptors (Lipinski definition) is 1. The Balaban J connectivity index is 1.10. The fraction of sp³-hybridized carbons (Fsp3) is 0.0244. The molecule has 0 fully saturated rings. The summed E-state index contributed by atoms with van der Waals surface area (Å²) in [5.41, 5.74) is 12.5. The number of para-hydroxylation sites is 2. The Hall–Kier alpha value is -5.40. The second-order valence-corrected chi connectivity index (χ2v) is 11.1. The largest absolute Gasteiger partial charge is 0.311 e. The van der Waals surface area contributed by atoms with Gasteiger partial charge in [0.15, 0.2) is 0 Å². The maximum absolute atomic E-state index is 2.36. The van der Waals surface area contributed by atoms with Crippen molar-refractivity contribution in [2.75, 3.05) is 4.90 Å². The Morgan fingerprint density at radius 3 is 1.67 bits per heavy atom. The summed E-state index contributed by atoms with van der Waals surface area (Å²) in [6.07, 6.45) is 18.0. The molecule has 0 aliphatic heterocycles. The minimum absolute atomic E-state index is 0.380. The lowest BCUT2D eigenvalue weighted by molar-refractivity contribution is 0.880. The van der Waals surface area contributed by atoms with Crippen LogP contribution in [-0.2, 0) is 0 Å². The van der Waals surface area contributed by atoms with Crippen molar-refractivity contribution in [3.63, 3.8) is 0 Å². The van der Waals surface area contributed by atoms with Crippen LogP contribution in [0.2, 0.25) is 0 Å². The molecular formula is C41H29N. The summed E-state index contributed by atoms with van der Waals surface area (Å²) in [6, 6.07) is 43.6. The molecule has 0 radical (unpaired) electrons. The van der Waals surface area contributed by atoms with Crippen LogP contribution < -0.4 is 4.90 Å². The molecule has 0 saturated carbocycles. The van der Waals surface area contributed by atoms with Gasteiger partial charge in [-0.15, -0.1) is 0 Å². The molecule has 0 N–H and O–H groups in total. The van der Waals surface area contributed by atoms with Crippen LogP contribution in [0.4, 0.5) is 17.1 Å². The average molecular weight is 536 g/mol. The Bertz CT molecular complexity index is 1960. The van der Waals surface area contributed by atoms with Gasteiger partial charge < -0.3 is 4.90 Å². The first kappa shape index (κ1) is 24.4. The number of benzene rings is 5. The quantitative estimate of drug-likeness (QED) is 0.216. The Morgan fingerprint density at radius 1 is 0.429 bits per heavy atom. The smallest absolute Gasteiger partial charge is 0.0462 e. The lowest BCUT2D eigenvalue weighted by Crippen LogP contribution is -2.15. The van der Waals surface area contributed by atoms with Crippen LogP contribution in [0, 0.1) is 5.92 Å². The van der Waals surface area contributed by atoms with Gasteiger partial charge in [-0.25, -0.2) is 0 Å². The van der Waals surface area contributed by atoms with E-state index in [1.54, 1.807) is 0 Å². The van der Waals surface area contributed by atoms with Crippen LogP contribution in [0.5, 0.6) is 0 Å². The molecule has 0 aromatic heterocycles. The van der Waals surface area contributed by atoms with Gasteiger partial charge in [-0.05, 0) is 98.3 Å². The van der Waals surface area contributed by atoms with Crippen molar-refractivity contribution in [2.45, 2.75) is 0 Å². The summed E-state index contributed by atoms with van der Waals surface area (Å²) in [7, 11) is 0. The van der Waals surface area contributed by atoms with Crippen LogP contribution in [0.25, 0.3) is 27.5 Å². The Morgan fingerprint density at radius 2 is 0.976 bits per heavy atom. The van der Waals surface area contributed by atoms with Gasteiger partial charge in [-0.2, -0.15) is 0 Å². The molecule has 0 heterocycles. The molecule has 3 aliphatic rings. The lowest BCUT2D eigenvalue weighted by atomic mass is 9.74. The number of hydrogen-bond donors (Lipinski definition) is 0. The Kier molecular flexibility index (Phi) is 5.93. The number of nitrogens with zero attached hydrogens (tertiary/aromatic N) is 1. The van der Waals surface area contributed by atoms with Crippen LogP contribution in [-0.4, -0.2) is 0 Å². The van der Waals surface area contributed by atoms with Crippen molar-refractivity contribution in [1.29, 1.82) is 0 Å². The third-order valence-electron chi connectivity index (χ3n) is 8.46. The van der Waals surface area contributed by atoms with E-state index in [1.165, 1.54) is 49.8 Å². The number of allylic oxidation sites excluding steroid dienone is 12. The van der Waals surface area contributed by atoms with E-state index in [1.807, 2.05) is 0 Å². The highest BCUT2D eigenvalue weighted by Gasteiger charge is 2.26. The number of rotatable bonds is 5. The number of anilines is 3. The first-order valence-corrected chi connectivity index (χ1v) is 14.5. The number of fused-ring (bicyclic) bond motifs is 1. The molecule has 1 heteroatoms. The van der Waals surface area contributed by atoms with Crippen LogP contribution >= 0.6 is 0 Å². The maximum Gasteiger partial charge on any atom is 0.0462 e. The molecule has 1 atom stereocenters. The van der Waals surface area contributed by atoms with Crippen molar-refractivity contribution < 1.29 is 0 Å². The van der Waals surface area contributed by atoms with Crippen molar-refractivity contribution in [1.82, 2.24) is 0 Å². The topological polar surface area (TPSA) is 3.24 Å². The highest BCUT2D eigenvalue weighted by atomic mass is 15.1. The molecule has 8 rings (SSSR count). The van der Waals surface area contributed by atoms with Crippen LogP contribution in [0.1, 0.15) is 5.56 Å². The van der Waals surface area contributed by atoms with Crippen LogP contribution in [0.3, 0.4) is 0 Å². The van der Waals surface area contributed by atoms with Gasteiger partial charge in [-0.3, -0.25) is 0 Å². The highest BCUT2D eigenvalue weighted by Crippen LogP contribution is 2.42.